The molecule has 2 saturated heterocycles. The van der Waals surface area contributed by atoms with Gasteiger partial charge >= 0.3 is 0 Å². The van der Waals surface area contributed by atoms with Crippen LogP contribution in [0.3, 0.4) is 0 Å². The summed E-state index contributed by atoms with van der Waals surface area (Å²) in [6.07, 6.45) is 2.28. The first-order valence-corrected chi connectivity index (χ1v) is 7.14. The fraction of sp³-hybridized carbons (Fsp3) is 0.667. The van der Waals surface area contributed by atoms with E-state index in [0.717, 1.165) is 25.9 Å². The summed E-state index contributed by atoms with van der Waals surface area (Å²) in [5, 5.41) is 0. The van der Waals surface area contributed by atoms with Crippen molar-refractivity contribution in [2.75, 3.05) is 55.0 Å². The Kier molecular flexibility index (Phi) is 3.74. The van der Waals surface area contributed by atoms with Gasteiger partial charge < -0.3 is 14.7 Å². The average Bonchev–Trinajstić information content (AvgIpc) is 3.04. The van der Waals surface area contributed by atoms with Crippen LogP contribution in [-0.2, 0) is 4.79 Å². The van der Waals surface area contributed by atoms with Crippen molar-refractivity contribution in [3.05, 3.63) is 0 Å². The summed E-state index contributed by atoms with van der Waals surface area (Å²) in [6, 6.07) is 0. The number of likely N-dealkylation sites (N-methyl/N-ethyl adjacent to an activating group) is 1. The van der Waals surface area contributed by atoms with Gasteiger partial charge in [0.25, 0.3) is 0 Å². The van der Waals surface area contributed by atoms with E-state index < -0.39 is 0 Å². The molecule has 3 heterocycles. The number of nitrogens with zero attached hydrogens (tertiary/aromatic N) is 6. The zero-order valence-corrected chi connectivity index (χ0v) is 12.1. The molecule has 0 aromatic carbocycles. The first-order valence-electron chi connectivity index (χ1n) is 7.14. The molecule has 2 fully saturated rings. The Morgan fingerprint density at radius 2 is 1.67 bits per heavy atom. The highest BCUT2D eigenvalue weighted by Gasteiger charge is 2.25. The number of hydrogen-bond acceptors (Lipinski definition) is 8. The molecule has 3 N–H and O–H groups in total. The van der Waals surface area contributed by atoms with Crippen molar-refractivity contribution in [1.82, 2.24) is 19.9 Å². The molecule has 2 aliphatic heterocycles. The van der Waals surface area contributed by atoms with Gasteiger partial charge in [-0.05, 0) is 12.8 Å². The molecule has 0 atom stereocenters. The van der Waals surface area contributed by atoms with Gasteiger partial charge in [-0.15, -0.1) is 0 Å². The van der Waals surface area contributed by atoms with Crippen LogP contribution in [0, 0.1) is 0 Å². The lowest BCUT2D eigenvalue weighted by Crippen LogP contribution is -2.49. The predicted octanol–water partition coefficient (Wildman–Crippen LogP) is -0.964. The van der Waals surface area contributed by atoms with Crippen molar-refractivity contribution < 1.29 is 4.79 Å². The first kappa shape index (κ1) is 13.8. The van der Waals surface area contributed by atoms with Crippen molar-refractivity contribution in [2.45, 2.75) is 12.8 Å². The van der Waals surface area contributed by atoms with E-state index in [1.165, 1.54) is 0 Å². The second-order valence-electron chi connectivity index (χ2n) is 5.33. The summed E-state index contributed by atoms with van der Waals surface area (Å²) >= 11 is 0. The monoisotopic (exact) mass is 292 g/mol. The van der Waals surface area contributed by atoms with Gasteiger partial charge in [0.1, 0.15) is 0 Å². The second-order valence-corrected chi connectivity index (χ2v) is 5.33. The van der Waals surface area contributed by atoms with E-state index >= 15 is 0 Å². The van der Waals surface area contributed by atoms with Crippen LogP contribution in [0.2, 0.25) is 0 Å². The van der Waals surface area contributed by atoms with Gasteiger partial charge in [-0.2, -0.15) is 15.0 Å². The highest BCUT2D eigenvalue weighted by molar-refractivity contribution is 5.82. The zero-order chi connectivity index (χ0) is 14.8. The third kappa shape index (κ3) is 2.82. The van der Waals surface area contributed by atoms with Crippen LogP contribution in [0.25, 0.3) is 0 Å². The molecule has 9 heteroatoms. The van der Waals surface area contributed by atoms with Crippen LogP contribution in [0.5, 0.6) is 0 Å². The smallest absolute Gasteiger partial charge is 0.243 e. The lowest BCUT2D eigenvalue weighted by molar-refractivity contribution is -0.129. The number of nitrogens with two attached hydrogens (primary N) is 1. The minimum atomic E-state index is 0.0617. The molecule has 0 radical (unpaired) electrons. The SMILES string of the molecule is CN1CCN(c2nc(NN)nc(N3CCCC3)n2)CC1=O. The van der Waals surface area contributed by atoms with Crippen molar-refractivity contribution in [3.63, 3.8) is 0 Å². The van der Waals surface area contributed by atoms with E-state index in [2.05, 4.69) is 25.3 Å². The predicted molar refractivity (Wildman–Crippen MR) is 78.9 cm³/mol. The number of nitrogen functional groups attached to an aromatic ring is 1. The zero-order valence-electron chi connectivity index (χ0n) is 12.1. The lowest BCUT2D eigenvalue weighted by atomic mass is 10.3. The summed E-state index contributed by atoms with van der Waals surface area (Å²) in [4.78, 5) is 30.6. The average molecular weight is 292 g/mol. The van der Waals surface area contributed by atoms with Gasteiger partial charge in [-0.1, -0.05) is 0 Å². The Balaban J connectivity index is 1.87. The van der Waals surface area contributed by atoms with Gasteiger partial charge in [0.2, 0.25) is 23.8 Å². The van der Waals surface area contributed by atoms with E-state index in [1.54, 1.807) is 11.9 Å². The molecule has 9 nitrogen and oxygen atoms in total. The number of carbonyl (C=O) groups excluding carboxylic acids is 1. The van der Waals surface area contributed by atoms with E-state index in [4.69, 9.17) is 5.84 Å². The number of anilines is 3. The molecule has 1 aromatic rings. The summed E-state index contributed by atoms with van der Waals surface area (Å²) in [6.45, 7) is 3.53. The van der Waals surface area contributed by atoms with Crippen LogP contribution in [-0.4, -0.2) is 65.5 Å². The van der Waals surface area contributed by atoms with Crippen molar-refractivity contribution >= 4 is 23.8 Å². The van der Waals surface area contributed by atoms with Crippen LogP contribution >= 0.6 is 0 Å². The molecule has 114 valence electrons. The van der Waals surface area contributed by atoms with Gasteiger partial charge in [-0.3, -0.25) is 10.2 Å². The van der Waals surface area contributed by atoms with E-state index in [9.17, 15) is 4.79 Å². The van der Waals surface area contributed by atoms with Crippen LogP contribution in [0.4, 0.5) is 17.8 Å². The molecule has 2 aliphatic rings. The van der Waals surface area contributed by atoms with E-state index in [1.807, 2.05) is 4.90 Å². The van der Waals surface area contributed by atoms with E-state index in [0.29, 0.717) is 30.9 Å². The Hall–Kier alpha value is -2.16. The van der Waals surface area contributed by atoms with Crippen LogP contribution in [0.1, 0.15) is 12.8 Å². The molecule has 1 amide bonds. The summed E-state index contributed by atoms with van der Waals surface area (Å²) in [7, 11) is 1.80. The van der Waals surface area contributed by atoms with Crippen LogP contribution < -0.4 is 21.1 Å². The maximum Gasteiger partial charge on any atom is 0.243 e. The second kappa shape index (κ2) is 5.68. The highest BCUT2D eigenvalue weighted by Crippen LogP contribution is 2.20. The maximum atomic E-state index is 11.8. The molecule has 21 heavy (non-hydrogen) atoms. The molecule has 0 bridgehead atoms. The summed E-state index contributed by atoms with van der Waals surface area (Å²) < 4.78 is 0. The highest BCUT2D eigenvalue weighted by atomic mass is 16.2. The molecule has 0 aliphatic carbocycles. The normalized spacial score (nSPS) is 19.3. The molecule has 0 saturated carbocycles. The largest absolute Gasteiger partial charge is 0.342 e. The number of aromatic nitrogens is 3. The Morgan fingerprint density at radius 1 is 1.00 bits per heavy atom. The molecule has 0 spiro atoms. The Labute approximate surface area is 123 Å². The van der Waals surface area contributed by atoms with Gasteiger partial charge in [0.05, 0.1) is 6.54 Å². The number of hydrazine groups is 1. The quantitative estimate of drug-likeness (QED) is 0.542. The van der Waals surface area contributed by atoms with Gasteiger partial charge in [0, 0.05) is 33.2 Å². The number of hydrogen-bond donors (Lipinski definition) is 2. The molecular formula is C12H20N8O. The minimum Gasteiger partial charge on any atom is -0.342 e. The number of amides is 1. The first-order chi connectivity index (χ1) is 10.2. The number of piperazine rings is 1. The van der Waals surface area contributed by atoms with Crippen LogP contribution in [0.15, 0.2) is 0 Å². The number of rotatable bonds is 3. The Bertz CT molecular complexity index is 530. The third-order valence-electron chi connectivity index (χ3n) is 3.87. The fourth-order valence-electron chi connectivity index (χ4n) is 2.55. The van der Waals surface area contributed by atoms with Crippen molar-refractivity contribution in [3.8, 4) is 0 Å². The van der Waals surface area contributed by atoms with E-state index in [-0.39, 0.29) is 12.5 Å². The van der Waals surface area contributed by atoms with Gasteiger partial charge in [-0.25, -0.2) is 5.84 Å². The third-order valence-corrected chi connectivity index (χ3v) is 3.87. The van der Waals surface area contributed by atoms with Gasteiger partial charge in [0.15, 0.2) is 0 Å². The molecule has 1 aromatic heterocycles. The lowest BCUT2D eigenvalue weighted by Gasteiger charge is -2.32. The Morgan fingerprint density at radius 3 is 2.29 bits per heavy atom. The molecule has 3 rings (SSSR count). The topological polar surface area (TPSA) is 104 Å². The summed E-state index contributed by atoms with van der Waals surface area (Å²) in [5.74, 6) is 6.96. The maximum absolute atomic E-state index is 11.8. The standard InChI is InChI=1S/C12H20N8O/c1-18-6-7-20(8-9(18)21)12-15-10(17-13)14-11(16-12)19-4-2-3-5-19/h2-8,13H2,1H3,(H,14,15,16,17). The number of nitrogens with one attached hydrogen (secondary N) is 1. The summed E-state index contributed by atoms with van der Waals surface area (Å²) in [5.41, 5.74) is 2.48. The fourth-order valence-corrected chi connectivity index (χ4v) is 2.55. The van der Waals surface area contributed by atoms with Crippen molar-refractivity contribution in [2.24, 2.45) is 5.84 Å². The minimum absolute atomic E-state index is 0.0617. The molecule has 0 unspecified atom stereocenters. The molecular weight excluding hydrogens is 272 g/mol. The number of carbonyl (C=O) groups is 1. The van der Waals surface area contributed by atoms with Crippen molar-refractivity contribution in [1.29, 1.82) is 0 Å².